The summed E-state index contributed by atoms with van der Waals surface area (Å²) >= 11 is 0. The number of hydrogen-bond acceptors (Lipinski definition) is 3. The van der Waals surface area contributed by atoms with Gasteiger partial charge in [0.15, 0.2) is 5.69 Å². The maximum absolute atomic E-state index is 14.3. The van der Waals surface area contributed by atoms with Crippen molar-refractivity contribution in [1.82, 2.24) is 14.7 Å². The normalized spacial score (nSPS) is 13.0. The first-order valence-corrected chi connectivity index (χ1v) is 9.43. The summed E-state index contributed by atoms with van der Waals surface area (Å²) in [7, 11) is 4.01. The maximum atomic E-state index is 14.3. The molecule has 1 aliphatic rings. The second kappa shape index (κ2) is 7.56. The van der Waals surface area contributed by atoms with E-state index in [-0.39, 0.29) is 11.7 Å². The zero-order chi connectivity index (χ0) is 19.7. The molecule has 6 heteroatoms. The summed E-state index contributed by atoms with van der Waals surface area (Å²) in [6, 6.07) is 14.3. The Hall–Kier alpha value is -2.99. The molecule has 0 unspecified atom stereocenters. The minimum Gasteiger partial charge on any atom is -0.321 e. The standard InChI is InChI=1S/C22H23FN4O/c1-26(2)14-15-7-5-8-16(13-15)24-22(28)21-17-9-6-12-19(17)27(25-21)20-11-4-3-10-18(20)23/h3-5,7-8,10-11,13H,6,9,12,14H2,1-2H3,(H,24,28). The third-order valence-corrected chi connectivity index (χ3v) is 4.91. The largest absolute Gasteiger partial charge is 0.321 e. The first-order chi connectivity index (χ1) is 13.5. The fourth-order valence-electron chi connectivity index (χ4n) is 3.75. The molecule has 1 aromatic heterocycles. The van der Waals surface area contributed by atoms with E-state index in [0.29, 0.717) is 11.4 Å². The van der Waals surface area contributed by atoms with Gasteiger partial charge in [0.1, 0.15) is 11.5 Å². The molecule has 0 atom stereocenters. The van der Waals surface area contributed by atoms with Crippen molar-refractivity contribution in [2.75, 3.05) is 19.4 Å². The molecular weight excluding hydrogens is 355 g/mol. The van der Waals surface area contributed by atoms with E-state index < -0.39 is 0 Å². The van der Waals surface area contributed by atoms with Gasteiger partial charge in [-0.2, -0.15) is 5.10 Å². The molecule has 2 aromatic carbocycles. The number of anilines is 1. The number of nitrogens with one attached hydrogen (secondary N) is 1. The highest BCUT2D eigenvalue weighted by Gasteiger charge is 2.27. The van der Waals surface area contributed by atoms with Crippen LogP contribution in [0.2, 0.25) is 0 Å². The molecule has 0 bridgehead atoms. The van der Waals surface area contributed by atoms with Gasteiger partial charge in [-0.05, 0) is 63.2 Å². The zero-order valence-electron chi connectivity index (χ0n) is 16.1. The van der Waals surface area contributed by atoms with Crippen LogP contribution in [0.15, 0.2) is 48.5 Å². The van der Waals surface area contributed by atoms with Gasteiger partial charge in [0.05, 0.1) is 0 Å². The lowest BCUT2D eigenvalue weighted by Crippen LogP contribution is -2.16. The second-order valence-corrected chi connectivity index (χ2v) is 7.38. The van der Waals surface area contributed by atoms with Gasteiger partial charge < -0.3 is 10.2 Å². The molecule has 3 aromatic rings. The molecule has 28 heavy (non-hydrogen) atoms. The number of carbonyl (C=O) groups is 1. The Bertz CT molecular complexity index is 1030. The van der Waals surface area contributed by atoms with Crippen molar-refractivity contribution in [3.63, 3.8) is 0 Å². The van der Waals surface area contributed by atoms with Crippen LogP contribution in [0.1, 0.15) is 33.7 Å². The summed E-state index contributed by atoms with van der Waals surface area (Å²) in [5.74, 6) is -0.599. The summed E-state index contributed by atoms with van der Waals surface area (Å²) in [5, 5.41) is 7.44. The van der Waals surface area contributed by atoms with E-state index in [9.17, 15) is 9.18 Å². The summed E-state index contributed by atoms with van der Waals surface area (Å²) in [5.41, 5.74) is 4.46. The summed E-state index contributed by atoms with van der Waals surface area (Å²) in [6.45, 7) is 0.793. The number of hydrogen-bond donors (Lipinski definition) is 1. The van der Waals surface area contributed by atoms with Gasteiger partial charge in [-0.3, -0.25) is 4.79 Å². The smallest absolute Gasteiger partial charge is 0.276 e. The molecule has 1 aliphatic carbocycles. The number of nitrogens with zero attached hydrogens (tertiary/aromatic N) is 3. The van der Waals surface area contributed by atoms with E-state index in [2.05, 4.69) is 15.3 Å². The predicted octanol–water partition coefficient (Wildman–Crippen LogP) is 3.81. The average Bonchev–Trinajstić information content (AvgIpc) is 3.24. The average molecular weight is 378 g/mol. The van der Waals surface area contributed by atoms with Crippen molar-refractivity contribution in [3.05, 3.63) is 76.9 Å². The van der Waals surface area contributed by atoms with Crippen LogP contribution in [0, 0.1) is 5.82 Å². The van der Waals surface area contributed by atoms with Gasteiger partial charge in [0.2, 0.25) is 0 Å². The molecule has 0 saturated carbocycles. The quantitative estimate of drug-likeness (QED) is 0.734. The van der Waals surface area contributed by atoms with Gasteiger partial charge >= 0.3 is 0 Å². The third-order valence-electron chi connectivity index (χ3n) is 4.91. The second-order valence-electron chi connectivity index (χ2n) is 7.38. The van der Waals surface area contributed by atoms with E-state index in [1.54, 1.807) is 22.9 Å². The lowest BCUT2D eigenvalue weighted by atomic mass is 10.1. The Kier molecular flexibility index (Phi) is 4.96. The number of amides is 1. The number of fused-ring (bicyclic) bond motifs is 1. The monoisotopic (exact) mass is 378 g/mol. The highest BCUT2D eigenvalue weighted by Crippen LogP contribution is 2.29. The van der Waals surface area contributed by atoms with Crippen molar-refractivity contribution in [3.8, 4) is 5.69 Å². The molecule has 144 valence electrons. The van der Waals surface area contributed by atoms with E-state index in [0.717, 1.165) is 48.3 Å². The minimum absolute atomic E-state index is 0.254. The highest BCUT2D eigenvalue weighted by atomic mass is 19.1. The summed E-state index contributed by atoms with van der Waals surface area (Å²) in [6.07, 6.45) is 2.52. The van der Waals surface area contributed by atoms with Crippen LogP contribution >= 0.6 is 0 Å². The van der Waals surface area contributed by atoms with Crippen LogP contribution in [0.3, 0.4) is 0 Å². The van der Waals surface area contributed by atoms with Gasteiger partial charge in [0.25, 0.3) is 5.91 Å². The van der Waals surface area contributed by atoms with Crippen molar-refractivity contribution in [1.29, 1.82) is 0 Å². The molecule has 0 aliphatic heterocycles. The van der Waals surface area contributed by atoms with E-state index in [1.165, 1.54) is 6.07 Å². The topological polar surface area (TPSA) is 50.2 Å². The predicted molar refractivity (Wildman–Crippen MR) is 107 cm³/mol. The van der Waals surface area contributed by atoms with Crippen LogP contribution in [0.25, 0.3) is 5.69 Å². The van der Waals surface area contributed by atoms with Crippen LogP contribution in [-0.2, 0) is 19.4 Å². The highest BCUT2D eigenvalue weighted by molar-refractivity contribution is 6.04. The molecule has 1 amide bonds. The Morgan fingerprint density at radius 2 is 2.00 bits per heavy atom. The number of benzene rings is 2. The molecule has 4 rings (SSSR count). The molecule has 0 saturated heterocycles. The van der Waals surface area contributed by atoms with Crippen molar-refractivity contribution in [2.24, 2.45) is 0 Å². The van der Waals surface area contributed by atoms with E-state index in [4.69, 9.17) is 0 Å². The van der Waals surface area contributed by atoms with Crippen LogP contribution in [0.5, 0.6) is 0 Å². The molecule has 0 fully saturated rings. The molecule has 5 nitrogen and oxygen atoms in total. The van der Waals surface area contributed by atoms with Crippen LogP contribution < -0.4 is 5.32 Å². The molecular formula is C22H23FN4O. The maximum Gasteiger partial charge on any atom is 0.276 e. The summed E-state index contributed by atoms with van der Waals surface area (Å²) < 4.78 is 15.9. The first kappa shape index (κ1) is 18.4. The van der Waals surface area contributed by atoms with Gasteiger partial charge in [-0.1, -0.05) is 24.3 Å². The van der Waals surface area contributed by atoms with Gasteiger partial charge in [-0.25, -0.2) is 9.07 Å². The van der Waals surface area contributed by atoms with Crippen LogP contribution in [-0.4, -0.2) is 34.7 Å². The SMILES string of the molecule is CN(C)Cc1cccc(NC(=O)c2nn(-c3ccccc3F)c3c2CCC3)c1. The van der Waals surface area contributed by atoms with E-state index >= 15 is 0 Å². The number of aromatic nitrogens is 2. The number of rotatable bonds is 5. The molecule has 0 spiro atoms. The summed E-state index contributed by atoms with van der Waals surface area (Å²) in [4.78, 5) is 15.0. The van der Waals surface area contributed by atoms with Gasteiger partial charge in [-0.15, -0.1) is 0 Å². The fourth-order valence-corrected chi connectivity index (χ4v) is 3.75. The zero-order valence-corrected chi connectivity index (χ0v) is 16.1. The Balaban J connectivity index is 1.64. The molecule has 1 N–H and O–H groups in total. The lowest BCUT2D eigenvalue weighted by molar-refractivity contribution is 0.102. The van der Waals surface area contributed by atoms with E-state index in [1.807, 2.05) is 38.4 Å². The number of halogens is 1. The first-order valence-electron chi connectivity index (χ1n) is 9.43. The van der Waals surface area contributed by atoms with Crippen molar-refractivity contribution in [2.45, 2.75) is 25.8 Å². The number of para-hydroxylation sites is 1. The van der Waals surface area contributed by atoms with Gasteiger partial charge in [0, 0.05) is 23.5 Å². The fraction of sp³-hybridized carbons (Fsp3) is 0.273. The van der Waals surface area contributed by atoms with Crippen molar-refractivity contribution < 1.29 is 9.18 Å². The Morgan fingerprint density at radius 1 is 1.18 bits per heavy atom. The van der Waals surface area contributed by atoms with Crippen molar-refractivity contribution >= 4 is 11.6 Å². The Labute approximate surface area is 163 Å². The molecule has 0 radical (unpaired) electrons. The number of carbonyl (C=O) groups excluding carboxylic acids is 1. The third kappa shape index (κ3) is 3.55. The molecule has 1 heterocycles. The lowest BCUT2D eigenvalue weighted by Gasteiger charge is -2.11. The minimum atomic E-state index is -0.344. The Morgan fingerprint density at radius 3 is 2.79 bits per heavy atom. The van der Waals surface area contributed by atoms with Crippen LogP contribution in [0.4, 0.5) is 10.1 Å².